The van der Waals surface area contributed by atoms with Crippen molar-refractivity contribution in [3.8, 4) is 0 Å². The van der Waals surface area contributed by atoms with Gasteiger partial charge in [0.2, 0.25) is 8.32 Å². The van der Waals surface area contributed by atoms with Gasteiger partial charge in [-0.05, 0) is 19.6 Å². The second kappa shape index (κ2) is 7.66. The maximum Gasteiger partial charge on any atom is 0.390 e. The van der Waals surface area contributed by atoms with Gasteiger partial charge in [-0.1, -0.05) is 0 Å². The average molecular weight is 336 g/mol. The Labute approximate surface area is 115 Å². The predicted octanol–water partition coefficient (Wildman–Crippen LogP) is 0.0921. The topological polar surface area (TPSA) is 105 Å². The summed E-state index contributed by atoms with van der Waals surface area (Å²) >= 11 is 0. The zero-order chi connectivity index (χ0) is 15.2. The lowest BCUT2D eigenvalue weighted by atomic mass is 10.7. The van der Waals surface area contributed by atoms with Gasteiger partial charge in [0, 0.05) is 0 Å². The summed E-state index contributed by atoms with van der Waals surface area (Å²) in [7, 11) is -9.72. The Morgan fingerprint density at radius 1 is 0.842 bits per heavy atom. The molecule has 0 radical (unpaired) electrons. The van der Waals surface area contributed by atoms with E-state index in [-0.39, 0.29) is 26.4 Å². The first-order valence-electron chi connectivity index (χ1n) is 5.43. The molecular weight excluding hydrogens is 316 g/mol. The van der Waals surface area contributed by atoms with E-state index in [1.165, 1.54) is 0 Å². The highest BCUT2D eigenvalue weighted by Gasteiger charge is 2.24. The summed E-state index contributed by atoms with van der Waals surface area (Å²) in [6, 6.07) is 0. The van der Waals surface area contributed by atoms with E-state index in [0.717, 1.165) is 6.26 Å². The predicted molar refractivity (Wildman–Crippen MR) is 70.9 cm³/mol. The van der Waals surface area contributed by atoms with Crippen LogP contribution in [0.15, 0.2) is 0 Å². The minimum absolute atomic E-state index is 0.0125. The first kappa shape index (κ1) is 19.0. The summed E-state index contributed by atoms with van der Waals surface area (Å²) < 4.78 is 62.5. The van der Waals surface area contributed by atoms with Crippen LogP contribution in [-0.4, -0.2) is 57.8 Å². The second-order valence-electron chi connectivity index (χ2n) is 4.56. The summed E-state index contributed by atoms with van der Waals surface area (Å²) in [6.07, 6.45) is 0.927. The van der Waals surface area contributed by atoms with E-state index in [9.17, 15) is 16.8 Å². The Morgan fingerprint density at radius 2 is 1.32 bits per heavy atom. The van der Waals surface area contributed by atoms with Gasteiger partial charge >= 0.3 is 10.4 Å². The van der Waals surface area contributed by atoms with Crippen molar-refractivity contribution in [3.05, 3.63) is 0 Å². The maximum atomic E-state index is 11.3. The Hall–Kier alpha value is -0.0431. The monoisotopic (exact) mass is 336 g/mol. The second-order valence-corrected chi connectivity index (χ2v) is 12.2. The van der Waals surface area contributed by atoms with Gasteiger partial charge in [-0.3, -0.25) is 8.06 Å². The largest absolute Gasteiger partial charge is 0.390 e. The third kappa shape index (κ3) is 14.2. The fourth-order valence-corrected chi connectivity index (χ4v) is 4.16. The van der Waals surface area contributed by atoms with Crippen LogP contribution in [0.2, 0.25) is 19.6 Å². The molecule has 19 heavy (non-hydrogen) atoms. The molecule has 0 amide bonds. The summed E-state index contributed by atoms with van der Waals surface area (Å²) in [4.78, 5) is 0. The van der Waals surface area contributed by atoms with Gasteiger partial charge in [0.1, 0.15) is 0 Å². The van der Waals surface area contributed by atoms with Crippen LogP contribution in [0.5, 0.6) is 0 Å². The lowest BCUT2D eigenvalue weighted by Gasteiger charge is -2.15. The molecule has 0 aromatic rings. The molecule has 116 valence electrons. The first-order valence-corrected chi connectivity index (χ1v) is 12.0. The van der Waals surface area contributed by atoms with E-state index in [0.29, 0.717) is 0 Å². The van der Waals surface area contributed by atoms with Crippen molar-refractivity contribution >= 4 is 28.8 Å². The molecule has 0 aliphatic rings. The van der Waals surface area contributed by atoms with Crippen LogP contribution in [0.3, 0.4) is 0 Å². The van der Waals surface area contributed by atoms with Gasteiger partial charge in [0.05, 0.1) is 32.7 Å². The molecular formula is C8H20O8S2Si. The number of ether oxygens (including phenoxy) is 1. The molecule has 0 spiro atoms. The van der Waals surface area contributed by atoms with E-state index < -0.39 is 28.8 Å². The van der Waals surface area contributed by atoms with Crippen molar-refractivity contribution in [2.24, 2.45) is 0 Å². The lowest BCUT2D eigenvalue weighted by molar-refractivity contribution is 0.0768. The van der Waals surface area contributed by atoms with Crippen molar-refractivity contribution in [2.45, 2.75) is 19.6 Å². The van der Waals surface area contributed by atoms with Crippen LogP contribution >= 0.6 is 0 Å². The molecule has 0 aliphatic carbocycles. The fraction of sp³-hybridized carbons (Fsp3) is 1.00. The standard InChI is InChI=1S/C8H20O8S2Si/c1-17(9,10)14-7-5-13-6-8-15-18(11,12)16-19(2,3)4/h5-8H2,1-4H3. The molecule has 0 saturated carbocycles. The van der Waals surface area contributed by atoms with Gasteiger partial charge in [0.15, 0.2) is 0 Å². The Kier molecular flexibility index (Phi) is 7.65. The molecule has 0 rings (SSSR count). The third-order valence-electron chi connectivity index (χ3n) is 1.33. The van der Waals surface area contributed by atoms with Crippen molar-refractivity contribution in [1.29, 1.82) is 0 Å². The minimum Gasteiger partial charge on any atom is -0.377 e. The summed E-state index contributed by atoms with van der Waals surface area (Å²) in [5.74, 6) is 0. The number of hydrogen-bond donors (Lipinski definition) is 0. The SMILES string of the molecule is C[Si](C)(C)OS(=O)(=O)OCCOCCOS(C)(=O)=O. The van der Waals surface area contributed by atoms with Gasteiger partial charge in [-0.25, -0.2) is 4.18 Å². The number of hydrogen-bond acceptors (Lipinski definition) is 8. The van der Waals surface area contributed by atoms with Crippen LogP contribution in [0, 0.1) is 0 Å². The smallest absolute Gasteiger partial charge is 0.377 e. The zero-order valence-electron chi connectivity index (χ0n) is 11.4. The maximum absolute atomic E-state index is 11.3. The molecule has 0 N–H and O–H groups in total. The summed E-state index contributed by atoms with van der Waals surface area (Å²) in [5.41, 5.74) is 0. The normalized spacial score (nSPS) is 13.7. The Balaban J connectivity index is 3.70. The van der Waals surface area contributed by atoms with Crippen LogP contribution in [0.4, 0.5) is 0 Å². The van der Waals surface area contributed by atoms with Crippen LogP contribution in [0.1, 0.15) is 0 Å². The van der Waals surface area contributed by atoms with Crippen molar-refractivity contribution in [1.82, 2.24) is 0 Å². The molecule has 0 fully saturated rings. The molecule has 0 aromatic heterocycles. The van der Waals surface area contributed by atoms with E-state index in [1.54, 1.807) is 19.6 Å². The van der Waals surface area contributed by atoms with Crippen LogP contribution < -0.4 is 0 Å². The van der Waals surface area contributed by atoms with Crippen LogP contribution in [-0.2, 0) is 37.5 Å². The summed E-state index contributed by atoms with van der Waals surface area (Å²) in [5, 5.41) is 0. The molecule has 0 bridgehead atoms. The molecule has 11 heteroatoms. The average Bonchev–Trinajstić information content (AvgIpc) is 2.10. The van der Waals surface area contributed by atoms with E-state index >= 15 is 0 Å². The Bertz CT molecular complexity index is 450. The van der Waals surface area contributed by atoms with Crippen molar-refractivity contribution in [3.63, 3.8) is 0 Å². The zero-order valence-corrected chi connectivity index (χ0v) is 14.0. The van der Waals surface area contributed by atoms with Gasteiger partial charge in [0.25, 0.3) is 10.1 Å². The van der Waals surface area contributed by atoms with Crippen molar-refractivity contribution < 1.29 is 33.8 Å². The molecule has 0 aliphatic heterocycles. The highest BCUT2D eigenvalue weighted by molar-refractivity contribution is 7.86. The lowest BCUT2D eigenvalue weighted by Crippen LogP contribution is -2.30. The number of rotatable bonds is 10. The third-order valence-corrected chi connectivity index (χ3v) is 5.20. The molecule has 0 atom stereocenters. The first-order chi connectivity index (χ1) is 8.41. The molecule has 0 heterocycles. The van der Waals surface area contributed by atoms with Crippen molar-refractivity contribution in [2.75, 3.05) is 32.7 Å². The molecule has 0 unspecified atom stereocenters. The van der Waals surface area contributed by atoms with Gasteiger partial charge < -0.3 is 4.74 Å². The van der Waals surface area contributed by atoms with E-state index in [4.69, 9.17) is 8.61 Å². The Morgan fingerprint density at radius 3 is 1.74 bits per heavy atom. The summed E-state index contributed by atoms with van der Waals surface area (Å²) in [6.45, 7) is 4.82. The van der Waals surface area contributed by atoms with Crippen LogP contribution in [0.25, 0.3) is 0 Å². The molecule has 0 aromatic carbocycles. The molecule has 8 nitrogen and oxygen atoms in total. The molecule has 0 saturated heterocycles. The quantitative estimate of drug-likeness (QED) is 0.314. The minimum atomic E-state index is -4.00. The van der Waals surface area contributed by atoms with Gasteiger partial charge in [-0.15, -0.1) is 0 Å². The van der Waals surface area contributed by atoms with E-state index in [1.807, 2.05) is 0 Å². The fourth-order valence-electron chi connectivity index (χ4n) is 0.872. The van der Waals surface area contributed by atoms with Gasteiger partial charge in [-0.2, -0.15) is 16.8 Å². The highest BCUT2D eigenvalue weighted by Crippen LogP contribution is 2.09. The highest BCUT2D eigenvalue weighted by atomic mass is 32.3. The van der Waals surface area contributed by atoms with E-state index in [2.05, 4.69) is 8.37 Å².